The molecule has 0 aliphatic heterocycles. The molecule has 2 aromatic carbocycles. The van der Waals surface area contributed by atoms with Gasteiger partial charge in [-0.3, -0.25) is 4.79 Å². The van der Waals surface area contributed by atoms with Gasteiger partial charge in [0.2, 0.25) is 5.91 Å². The van der Waals surface area contributed by atoms with Gasteiger partial charge in [-0.15, -0.1) is 0 Å². The highest BCUT2D eigenvalue weighted by Gasteiger charge is 2.32. The molecule has 0 atom stereocenters. The number of amides is 1. The lowest BCUT2D eigenvalue weighted by molar-refractivity contribution is -0.139. The van der Waals surface area contributed by atoms with Crippen molar-refractivity contribution >= 4 is 23.5 Å². The first-order valence-corrected chi connectivity index (χ1v) is 8.75. The van der Waals surface area contributed by atoms with Crippen molar-refractivity contribution in [3.63, 3.8) is 0 Å². The maximum absolute atomic E-state index is 14.1. The summed E-state index contributed by atoms with van der Waals surface area (Å²) >= 11 is 5.77. The fraction of sp³-hybridized carbons (Fsp3) is 0.300. The summed E-state index contributed by atoms with van der Waals surface area (Å²) in [6, 6.07) is 11.2. The quantitative estimate of drug-likeness (QED) is 0.718. The van der Waals surface area contributed by atoms with Crippen LogP contribution in [-0.2, 0) is 21.4 Å². The second-order valence-electron chi connectivity index (χ2n) is 6.58. The van der Waals surface area contributed by atoms with Gasteiger partial charge >= 0.3 is 5.97 Å². The van der Waals surface area contributed by atoms with Crippen LogP contribution in [0, 0.1) is 5.82 Å². The molecule has 0 fully saturated rings. The highest BCUT2D eigenvalue weighted by atomic mass is 35.5. The lowest BCUT2D eigenvalue weighted by Gasteiger charge is -2.24. The monoisotopic (exact) mass is 393 g/mol. The van der Waals surface area contributed by atoms with E-state index < -0.39 is 23.8 Å². The first-order valence-electron chi connectivity index (χ1n) is 8.37. The first-order chi connectivity index (χ1) is 12.7. The highest BCUT2D eigenvalue weighted by molar-refractivity contribution is 6.30. The van der Waals surface area contributed by atoms with Gasteiger partial charge in [0.15, 0.2) is 6.61 Å². The summed E-state index contributed by atoms with van der Waals surface area (Å²) in [6.07, 6.45) is 0.574. The number of benzene rings is 2. The maximum Gasteiger partial charge on any atom is 0.341 e. The van der Waals surface area contributed by atoms with E-state index >= 15 is 0 Å². The van der Waals surface area contributed by atoms with E-state index in [2.05, 4.69) is 5.32 Å². The molecule has 0 heterocycles. The topological polar surface area (TPSA) is 75.6 Å². The number of rotatable bonds is 8. The number of carboxylic acid groups (broad SMARTS) is 1. The predicted octanol–water partition coefficient (Wildman–Crippen LogP) is 3.58. The van der Waals surface area contributed by atoms with E-state index in [-0.39, 0.29) is 16.5 Å². The number of carbonyl (C=O) groups excluding carboxylic acids is 1. The molecule has 2 aromatic rings. The molecule has 27 heavy (non-hydrogen) atoms. The zero-order valence-corrected chi connectivity index (χ0v) is 15.8. The normalized spacial score (nSPS) is 11.1. The zero-order valence-electron chi connectivity index (χ0n) is 15.1. The number of aliphatic carboxylic acids is 1. The standard InChI is InChI=1S/C20H21ClFNO4/c1-20(2,16-8-5-14(21)11-17(16)22)19(26)23-10-9-13-3-6-15(7-4-13)27-12-18(24)25/h3-8,11H,9-10,12H2,1-2H3,(H,23,26)(H,24,25). The molecule has 1 amide bonds. The van der Waals surface area contributed by atoms with E-state index in [1.165, 1.54) is 12.1 Å². The minimum absolute atomic E-state index is 0.281. The molecule has 5 nitrogen and oxygen atoms in total. The van der Waals surface area contributed by atoms with Crippen LogP contribution in [0.5, 0.6) is 5.75 Å². The average Bonchev–Trinajstić information content (AvgIpc) is 2.60. The maximum atomic E-state index is 14.1. The van der Waals surface area contributed by atoms with Crippen molar-refractivity contribution in [1.82, 2.24) is 5.32 Å². The van der Waals surface area contributed by atoms with Gasteiger partial charge < -0.3 is 15.2 Å². The number of nitrogens with one attached hydrogen (secondary N) is 1. The van der Waals surface area contributed by atoms with Gasteiger partial charge in [0.25, 0.3) is 0 Å². The molecule has 0 unspecified atom stereocenters. The van der Waals surface area contributed by atoms with Crippen molar-refractivity contribution in [1.29, 1.82) is 0 Å². The highest BCUT2D eigenvalue weighted by Crippen LogP contribution is 2.28. The summed E-state index contributed by atoms with van der Waals surface area (Å²) in [7, 11) is 0. The lowest BCUT2D eigenvalue weighted by Crippen LogP contribution is -2.41. The summed E-state index contributed by atoms with van der Waals surface area (Å²) in [5, 5.41) is 11.7. The van der Waals surface area contributed by atoms with Crippen molar-refractivity contribution in [2.45, 2.75) is 25.7 Å². The lowest BCUT2D eigenvalue weighted by atomic mass is 9.83. The second-order valence-corrected chi connectivity index (χ2v) is 7.02. The minimum Gasteiger partial charge on any atom is -0.482 e. The van der Waals surface area contributed by atoms with E-state index in [1.807, 2.05) is 0 Å². The van der Waals surface area contributed by atoms with Crippen molar-refractivity contribution < 1.29 is 23.8 Å². The van der Waals surface area contributed by atoms with Crippen LogP contribution in [0.3, 0.4) is 0 Å². The van der Waals surface area contributed by atoms with Crippen LogP contribution in [0.15, 0.2) is 42.5 Å². The SMILES string of the molecule is CC(C)(C(=O)NCCc1ccc(OCC(=O)O)cc1)c1ccc(Cl)cc1F. The Balaban J connectivity index is 1.90. The van der Waals surface area contributed by atoms with Crippen LogP contribution in [0.2, 0.25) is 5.02 Å². The molecule has 0 saturated carbocycles. The summed E-state index contributed by atoms with van der Waals surface area (Å²) in [5.74, 6) is -1.38. The third-order valence-corrected chi connectivity index (χ3v) is 4.39. The van der Waals surface area contributed by atoms with E-state index in [0.717, 1.165) is 5.56 Å². The number of halogens is 2. The van der Waals surface area contributed by atoms with Crippen molar-refractivity contribution in [3.8, 4) is 5.75 Å². The van der Waals surface area contributed by atoms with E-state index in [0.29, 0.717) is 18.7 Å². The van der Waals surface area contributed by atoms with Gasteiger partial charge in [-0.2, -0.15) is 0 Å². The Morgan fingerprint density at radius 3 is 2.44 bits per heavy atom. The summed E-state index contributed by atoms with van der Waals surface area (Å²) in [5.41, 5.74) is 0.196. The van der Waals surface area contributed by atoms with Gasteiger partial charge in [-0.05, 0) is 50.1 Å². The van der Waals surface area contributed by atoms with Gasteiger partial charge in [-0.25, -0.2) is 9.18 Å². The van der Waals surface area contributed by atoms with Gasteiger partial charge in [0.1, 0.15) is 11.6 Å². The molecule has 0 saturated heterocycles. The molecule has 7 heteroatoms. The fourth-order valence-electron chi connectivity index (χ4n) is 2.56. The molecule has 0 bridgehead atoms. The summed E-state index contributed by atoms with van der Waals surface area (Å²) < 4.78 is 19.2. The summed E-state index contributed by atoms with van der Waals surface area (Å²) in [6.45, 7) is 3.30. The Morgan fingerprint density at radius 1 is 1.19 bits per heavy atom. The molecule has 2 N–H and O–H groups in total. The molecule has 0 aliphatic carbocycles. The van der Waals surface area contributed by atoms with Gasteiger partial charge in [0.05, 0.1) is 5.41 Å². The number of carbonyl (C=O) groups is 2. The van der Waals surface area contributed by atoms with Crippen LogP contribution in [0.4, 0.5) is 4.39 Å². The second kappa shape index (κ2) is 8.86. The molecular formula is C20H21ClFNO4. The number of hydrogen-bond acceptors (Lipinski definition) is 3. The van der Waals surface area contributed by atoms with E-state index in [4.69, 9.17) is 21.4 Å². The minimum atomic E-state index is -1.04. The summed E-state index contributed by atoms with van der Waals surface area (Å²) in [4.78, 5) is 23.0. The van der Waals surface area contributed by atoms with Gasteiger partial charge in [0, 0.05) is 17.1 Å². The Hall–Kier alpha value is -2.60. The number of carboxylic acids is 1. The van der Waals surface area contributed by atoms with Crippen molar-refractivity contribution in [2.75, 3.05) is 13.2 Å². The van der Waals surface area contributed by atoms with Crippen LogP contribution in [0.1, 0.15) is 25.0 Å². The molecule has 0 aromatic heterocycles. The van der Waals surface area contributed by atoms with Crippen LogP contribution in [0.25, 0.3) is 0 Å². The third-order valence-electron chi connectivity index (χ3n) is 4.16. The Bertz CT molecular complexity index is 821. The molecule has 0 spiro atoms. The van der Waals surface area contributed by atoms with E-state index in [9.17, 15) is 14.0 Å². The number of hydrogen-bond donors (Lipinski definition) is 2. The Kier molecular flexibility index (Phi) is 6.80. The van der Waals surface area contributed by atoms with Crippen LogP contribution in [-0.4, -0.2) is 30.1 Å². The largest absolute Gasteiger partial charge is 0.482 e. The molecule has 0 radical (unpaired) electrons. The molecule has 2 rings (SSSR count). The zero-order chi connectivity index (χ0) is 20.0. The van der Waals surface area contributed by atoms with Crippen LogP contribution >= 0.6 is 11.6 Å². The predicted molar refractivity (Wildman–Crippen MR) is 101 cm³/mol. The van der Waals surface area contributed by atoms with Crippen molar-refractivity contribution in [2.24, 2.45) is 0 Å². The van der Waals surface area contributed by atoms with Gasteiger partial charge in [-0.1, -0.05) is 29.8 Å². The molecular weight excluding hydrogens is 373 g/mol. The third kappa shape index (κ3) is 5.69. The average molecular weight is 394 g/mol. The van der Waals surface area contributed by atoms with Crippen molar-refractivity contribution in [3.05, 3.63) is 64.4 Å². The smallest absolute Gasteiger partial charge is 0.341 e. The fourth-order valence-corrected chi connectivity index (χ4v) is 2.72. The number of ether oxygens (including phenoxy) is 1. The molecule has 144 valence electrons. The first kappa shape index (κ1) is 20.7. The Morgan fingerprint density at radius 2 is 1.85 bits per heavy atom. The van der Waals surface area contributed by atoms with Crippen LogP contribution < -0.4 is 10.1 Å². The molecule has 0 aliphatic rings. The Labute approximate surface area is 162 Å². The van der Waals surface area contributed by atoms with E-state index in [1.54, 1.807) is 44.2 Å².